The summed E-state index contributed by atoms with van der Waals surface area (Å²) in [5, 5.41) is 0. The number of amides is 1. The molecule has 3 rings (SSSR count). The molecule has 0 saturated carbocycles. The second kappa shape index (κ2) is 9.77. The number of ether oxygens (including phenoxy) is 1. The minimum absolute atomic E-state index is 0.0739. The third-order valence-corrected chi connectivity index (χ3v) is 6.86. The fourth-order valence-corrected chi connectivity index (χ4v) is 5.32. The van der Waals surface area contributed by atoms with E-state index in [1.807, 2.05) is 60.7 Å². The van der Waals surface area contributed by atoms with E-state index in [0.717, 1.165) is 11.1 Å². The highest BCUT2D eigenvalue weighted by Crippen LogP contribution is 2.31. The molecule has 3 aromatic rings. The van der Waals surface area contributed by atoms with Crippen LogP contribution in [0.3, 0.4) is 0 Å². The SMILES string of the molecule is COc1ccc(C(=O)N(C)C(c2ccccc2)c2ccccc2)cc1S(=O)(=O)NC(C)(C)C. The van der Waals surface area contributed by atoms with Crippen LogP contribution in [0.15, 0.2) is 83.8 Å². The molecule has 6 nitrogen and oxygen atoms in total. The van der Waals surface area contributed by atoms with Gasteiger partial charge in [0.2, 0.25) is 10.0 Å². The lowest BCUT2D eigenvalue weighted by atomic mass is 9.97. The second-order valence-electron chi connectivity index (χ2n) is 8.86. The number of nitrogens with one attached hydrogen (secondary N) is 1. The van der Waals surface area contributed by atoms with Crippen LogP contribution in [0.25, 0.3) is 0 Å². The molecule has 0 aromatic heterocycles. The van der Waals surface area contributed by atoms with Gasteiger partial charge in [-0.3, -0.25) is 4.79 Å². The van der Waals surface area contributed by atoms with Gasteiger partial charge in [0.05, 0.1) is 13.2 Å². The standard InChI is InChI=1S/C26H30N2O4S/c1-26(2,3)27-33(30,31)23-18-21(16-17-22(23)32-5)25(29)28(4)24(19-12-8-6-9-13-19)20-14-10-7-11-15-20/h6-18,24,27H,1-5H3. The Kier molecular flexibility index (Phi) is 7.25. The average molecular weight is 467 g/mol. The molecule has 7 heteroatoms. The largest absolute Gasteiger partial charge is 0.495 e. The molecule has 1 amide bonds. The Balaban J connectivity index is 2.05. The Morgan fingerprint density at radius 1 is 0.909 bits per heavy atom. The lowest BCUT2D eigenvalue weighted by molar-refractivity contribution is 0.0755. The van der Waals surface area contributed by atoms with Crippen molar-refractivity contribution in [3.05, 3.63) is 95.6 Å². The molecule has 1 N–H and O–H groups in total. The van der Waals surface area contributed by atoms with E-state index in [0.29, 0.717) is 0 Å². The van der Waals surface area contributed by atoms with Crippen LogP contribution in [0.1, 0.15) is 48.3 Å². The Morgan fingerprint density at radius 2 is 1.42 bits per heavy atom. The first-order valence-electron chi connectivity index (χ1n) is 10.6. The Morgan fingerprint density at radius 3 is 1.88 bits per heavy atom. The predicted octanol–water partition coefficient (Wildman–Crippen LogP) is 4.63. The quantitative estimate of drug-likeness (QED) is 0.551. The van der Waals surface area contributed by atoms with Gasteiger partial charge in [-0.2, -0.15) is 0 Å². The molecule has 0 aliphatic heterocycles. The maximum absolute atomic E-state index is 13.6. The minimum atomic E-state index is -3.91. The topological polar surface area (TPSA) is 75.7 Å². The van der Waals surface area contributed by atoms with E-state index in [1.54, 1.807) is 38.8 Å². The molecule has 0 aliphatic carbocycles. The first-order valence-corrected chi connectivity index (χ1v) is 12.1. The summed E-state index contributed by atoms with van der Waals surface area (Å²) in [7, 11) is -0.789. The van der Waals surface area contributed by atoms with Crippen molar-refractivity contribution in [1.82, 2.24) is 9.62 Å². The second-order valence-corrected chi connectivity index (χ2v) is 10.5. The maximum atomic E-state index is 13.6. The smallest absolute Gasteiger partial charge is 0.254 e. The van der Waals surface area contributed by atoms with Gasteiger partial charge in [-0.05, 0) is 50.1 Å². The predicted molar refractivity (Wildman–Crippen MR) is 130 cm³/mol. The highest BCUT2D eigenvalue weighted by atomic mass is 32.2. The van der Waals surface area contributed by atoms with Crippen LogP contribution < -0.4 is 9.46 Å². The van der Waals surface area contributed by atoms with Crippen molar-refractivity contribution in [2.45, 2.75) is 37.2 Å². The number of methoxy groups -OCH3 is 1. The average Bonchev–Trinajstić information content (AvgIpc) is 2.78. The molecular formula is C26H30N2O4S. The summed E-state index contributed by atoms with van der Waals surface area (Å²) in [6.45, 7) is 5.26. The Labute approximate surface area is 196 Å². The molecule has 0 fully saturated rings. The van der Waals surface area contributed by atoms with Crippen molar-refractivity contribution in [3.63, 3.8) is 0 Å². The first-order chi connectivity index (χ1) is 15.5. The number of nitrogens with zero attached hydrogens (tertiary/aromatic N) is 1. The summed E-state index contributed by atoms with van der Waals surface area (Å²) in [5.74, 6) is -0.129. The van der Waals surface area contributed by atoms with Gasteiger partial charge in [0.15, 0.2) is 0 Å². The van der Waals surface area contributed by atoms with E-state index in [2.05, 4.69) is 4.72 Å². The zero-order valence-corrected chi connectivity index (χ0v) is 20.4. The zero-order valence-electron chi connectivity index (χ0n) is 19.6. The van der Waals surface area contributed by atoms with Crippen molar-refractivity contribution < 1.29 is 17.9 Å². The lowest BCUT2D eigenvalue weighted by Gasteiger charge is -2.29. The number of carbonyl (C=O) groups is 1. The molecule has 0 atom stereocenters. The van der Waals surface area contributed by atoms with E-state index in [1.165, 1.54) is 19.2 Å². The molecule has 33 heavy (non-hydrogen) atoms. The van der Waals surface area contributed by atoms with E-state index in [9.17, 15) is 13.2 Å². The summed E-state index contributed by atoms with van der Waals surface area (Å²) >= 11 is 0. The number of hydrogen-bond acceptors (Lipinski definition) is 4. The molecule has 0 unspecified atom stereocenters. The first kappa shape index (κ1) is 24.5. The fraction of sp³-hybridized carbons (Fsp3) is 0.269. The highest BCUT2D eigenvalue weighted by Gasteiger charge is 2.29. The number of hydrogen-bond donors (Lipinski definition) is 1. The zero-order chi connectivity index (χ0) is 24.2. The summed E-state index contributed by atoms with van der Waals surface area (Å²) in [6.07, 6.45) is 0. The van der Waals surface area contributed by atoms with Gasteiger partial charge >= 0.3 is 0 Å². The van der Waals surface area contributed by atoms with Gasteiger partial charge in [0, 0.05) is 18.2 Å². The highest BCUT2D eigenvalue weighted by molar-refractivity contribution is 7.89. The Bertz CT molecular complexity index is 1160. The van der Waals surface area contributed by atoms with Crippen molar-refractivity contribution >= 4 is 15.9 Å². The number of sulfonamides is 1. The van der Waals surface area contributed by atoms with Gasteiger partial charge < -0.3 is 9.64 Å². The van der Waals surface area contributed by atoms with Crippen LogP contribution in [-0.2, 0) is 10.0 Å². The van der Waals surface area contributed by atoms with Gasteiger partial charge in [-0.15, -0.1) is 0 Å². The van der Waals surface area contributed by atoms with E-state index in [-0.39, 0.29) is 28.2 Å². The number of carbonyl (C=O) groups excluding carboxylic acids is 1. The molecule has 0 saturated heterocycles. The van der Waals surface area contributed by atoms with Gasteiger partial charge in [0.25, 0.3) is 5.91 Å². The lowest BCUT2D eigenvalue weighted by Crippen LogP contribution is -2.40. The molecule has 0 spiro atoms. The van der Waals surface area contributed by atoms with Crippen molar-refractivity contribution in [2.75, 3.05) is 14.2 Å². The van der Waals surface area contributed by atoms with Crippen LogP contribution in [0, 0.1) is 0 Å². The van der Waals surface area contributed by atoms with Crippen molar-refractivity contribution in [1.29, 1.82) is 0 Å². The summed E-state index contributed by atoms with van der Waals surface area (Å²) < 4.78 is 34.0. The van der Waals surface area contributed by atoms with Gasteiger partial charge in [-0.25, -0.2) is 13.1 Å². The van der Waals surface area contributed by atoms with Crippen LogP contribution in [0.2, 0.25) is 0 Å². The summed E-state index contributed by atoms with van der Waals surface area (Å²) in [6, 6.07) is 23.6. The third-order valence-electron chi connectivity index (χ3n) is 5.08. The van der Waals surface area contributed by atoms with E-state index >= 15 is 0 Å². The van der Waals surface area contributed by atoms with Crippen LogP contribution in [-0.4, -0.2) is 38.9 Å². The van der Waals surface area contributed by atoms with Crippen LogP contribution in [0.4, 0.5) is 0 Å². The number of rotatable bonds is 7. The minimum Gasteiger partial charge on any atom is -0.495 e. The molecule has 0 heterocycles. The molecule has 3 aromatic carbocycles. The third kappa shape index (κ3) is 5.80. The van der Waals surface area contributed by atoms with E-state index in [4.69, 9.17) is 4.74 Å². The molecule has 174 valence electrons. The van der Waals surface area contributed by atoms with Gasteiger partial charge in [-0.1, -0.05) is 60.7 Å². The monoisotopic (exact) mass is 466 g/mol. The van der Waals surface area contributed by atoms with E-state index < -0.39 is 15.6 Å². The molecular weight excluding hydrogens is 436 g/mol. The normalized spacial score (nSPS) is 11.9. The van der Waals surface area contributed by atoms with Crippen LogP contribution >= 0.6 is 0 Å². The summed E-state index contributed by atoms with van der Waals surface area (Å²) in [5.41, 5.74) is 1.47. The molecule has 0 radical (unpaired) electrons. The fourth-order valence-electron chi connectivity index (χ4n) is 3.71. The maximum Gasteiger partial charge on any atom is 0.254 e. The number of benzene rings is 3. The van der Waals surface area contributed by atoms with Crippen molar-refractivity contribution in [3.8, 4) is 5.75 Å². The van der Waals surface area contributed by atoms with Crippen molar-refractivity contribution in [2.24, 2.45) is 0 Å². The molecule has 0 bridgehead atoms. The Hall–Kier alpha value is -3.16. The summed E-state index contributed by atoms with van der Waals surface area (Å²) in [4.78, 5) is 15.1. The molecule has 0 aliphatic rings. The van der Waals surface area contributed by atoms with Gasteiger partial charge in [0.1, 0.15) is 10.6 Å². The van der Waals surface area contributed by atoms with Crippen LogP contribution in [0.5, 0.6) is 5.75 Å².